The van der Waals surface area contributed by atoms with Gasteiger partial charge < -0.3 is 20.1 Å². The first-order chi connectivity index (χ1) is 12.9. The molecule has 144 valence electrons. The highest BCUT2D eigenvalue weighted by Gasteiger charge is 2.16. The second-order valence-electron chi connectivity index (χ2n) is 5.32. The Labute approximate surface area is 153 Å². The Morgan fingerprint density at radius 2 is 1.59 bits per heavy atom. The first kappa shape index (κ1) is 20.1. The highest BCUT2D eigenvalue weighted by atomic mass is 19.2. The summed E-state index contributed by atoms with van der Waals surface area (Å²) in [5, 5.41) is 4.46. The van der Waals surface area contributed by atoms with Crippen molar-refractivity contribution in [3.05, 3.63) is 53.8 Å². The number of hydrogen-bond donors (Lipinski definition) is 2. The molecule has 2 aromatic carbocycles. The fraction of sp³-hybridized carbons (Fsp3) is 0.222. The first-order valence-corrected chi connectivity index (χ1v) is 7.87. The number of methoxy groups -OCH3 is 1. The molecule has 2 aromatic rings. The maximum atomic E-state index is 13.5. The van der Waals surface area contributed by atoms with Crippen LogP contribution in [0.1, 0.15) is 6.42 Å². The molecule has 0 radical (unpaired) electrons. The van der Waals surface area contributed by atoms with E-state index in [0.29, 0.717) is 17.6 Å². The minimum absolute atomic E-state index is 0.137. The van der Waals surface area contributed by atoms with Gasteiger partial charge in [0.05, 0.1) is 19.3 Å². The van der Waals surface area contributed by atoms with Gasteiger partial charge in [-0.25, -0.2) is 13.2 Å². The summed E-state index contributed by atoms with van der Waals surface area (Å²) >= 11 is 0. The largest absolute Gasteiger partial charge is 0.497 e. The Bertz CT molecular complexity index is 813. The van der Waals surface area contributed by atoms with Gasteiger partial charge in [-0.05, 0) is 36.4 Å². The molecule has 0 aliphatic rings. The monoisotopic (exact) mass is 382 g/mol. The minimum Gasteiger partial charge on any atom is -0.497 e. The number of hydrogen-bond acceptors (Lipinski definition) is 4. The highest BCUT2D eigenvalue weighted by Crippen LogP contribution is 2.19. The molecule has 0 aliphatic carbocycles. The fourth-order valence-electron chi connectivity index (χ4n) is 2.06. The van der Waals surface area contributed by atoms with Crippen LogP contribution in [-0.2, 0) is 9.59 Å². The Kier molecular flexibility index (Phi) is 7.04. The van der Waals surface area contributed by atoms with Gasteiger partial charge in [-0.1, -0.05) is 0 Å². The SMILES string of the molecule is COc1ccc(OCCNC(=O)CC(=O)Nc2ccc(F)c(F)c2F)cc1. The van der Waals surface area contributed by atoms with Gasteiger partial charge in [0.2, 0.25) is 11.8 Å². The Morgan fingerprint density at radius 1 is 0.926 bits per heavy atom. The van der Waals surface area contributed by atoms with E-state index in [1.165, 1.54) is 0 Å². The van der Waals surface area contributed by atoms with Crippen molar-refractivity contribution in [1.29, 1.82) is 0 Å². The van der Waals surface area contributed by atoms with Gasteiger partial charge in [0.15, 0.2) is 17.5 Å². The molecule has 2 N–H and O–H groups in total. The molecule has 2 rings (SSSR count). The second kappa shape index (κ2) is 9.46. The molecule has 0 bridgehead atoms. The van der Waals surface area contributed by atoms with E-state index in [0.717, 1.165) is 6.07 Å². The summed E-state index contributed by atoms with van der Waals surface area (Å²) in [7, 11) is 1.54. The number of halogens is 3. The average molecular weight is 382 g/mol. The van der Waals surface area contributed by atoms with E-state index in [2.05, 4.69) is 5.32 Å². The third kappa shape index (κ3) is 5.91. The van der Waals surface area contributed by atoms with Gasteiger partial charge in [0.25, 0.3) is 0 Å². The lowest BCUT2D eigenvalue weighted by Crippen LogP contribution is -2.31. The number of nitrogens with one attached hydrogen (secondary N) is 2. The van der Waals surface area contributed by atoms with Gasteiger partial charge in [0.1, 0.15) is 24.5 Å². The van der Waals surface area contributed by atoms with Crippen molar-refractivity contribution >= 4 is 17.5 Å². The fourth-order valence-corrected chi connectivity index (χ4v) is 2.06. The van der Waals surface area contributed by atoms with Crippen LogP contribution < -0.4 is 20.1 Å². The number of rotatable bonds is 8. The second-order valence-corrected chi connectivity index (χ2v) is 5.32. The summed E-state index contributed by atoms with van der Waals surface area (Å²) in [6.07, 6.45) is -0.610. The predicted octanol–water partition coefficient (Wildman–Crippen LogP) is 2.64. The summed E-state index contributed by atoms with van der Waals surface area (Å²) in [4.78, 5) is 23.4. The van der Waals surface area contributed by atoms with E-state index < -0.39 is 41.4 Å². The third-order valence-electron chi connectivity index (χ3n) is 3.38. The summed E-state index contributed by atoms with van der Waals surface area (Å²) in [6.45, 7) is 0.301. The Morgan fingerprint density at radius 3 is 2.26 bits per heavy atom. The quantitative estimate of drug-likeness (QED) is 0.418. The lowest BCUT2D eigenvalue weighted by Gasteiger charge is -2.09. The zero-order valence-corrected chi connectivity index (χ0v) is 14.4. The molecule has 2 amide bonds. The Hall–Kier alpha value is -3.23. The summed E-state index contributed by atoms with van der Waals surface area (Å²) in [5.41, 5.74) is -0.547. The van der Waals surface area contributed by atoms with Crippen LogP contribution in [0.4, 0.5) is 18.9 Å². The molecule has 27 heavy (non-hydrogen) atoms. The molecule has 0 saturated carbocycles. The van der Waals surface area contributed by atoms with Crippen LogP contribution in [0.3, 0.4) is 0 Å². The smallest absolute Gasteiger partial charge is 0.233 e. The normalized spacial score (nSPS) is 10.2. The summed E-state index contributed by atoms with van der Waals surface area (Å²) in [6, 6.07) is 8.37. The first-order valence-electron chi connectivity index (χ1n) is 7.87. The van der Waals surface area contributed by atoms with Crippen LogP contribution >= 0.6 is 0 Å². The van der Waals surface area contributed by atoms with Gasteiger partial charge in [0, 0.05) is 0 Å². The molecule has 0 heterocycles. The van der Waals surface area contributed by atoms with Gasteiger partial charge >= 0.3 is 0 Å². The van der Waals surface area contributed by atoms with Crippen molar-refractivity contribution in [1.82, 2.24) is 5.32 Å². The molecular weight excluding hydrogens is 365 g/mol. The molecule has 6 nitrogen and oxygen atoms in total. The van der Waals surface area contributed by atoms with E-state index in [4.69, 9.17) is 9.47 Å². The number of ether oxygens (including phenoxy) is 2. The van der Waals surface area contributed by atoms with Crippen LogP contribution in [0.15, 0.2) is 36.4 Å². The van der Waals surface area contributed by atoms with Gasteiger partial charge in [-0.15, -0.1) is 0 Å². The topological polar surface area (TPSA) is 76.7 Å². The molecule has 0 atom stereocenters. The molecule has 0 saturated heterocycles. The maximum Gasteiger partial charge on any atom is 0.233 e. The molecule has 0 spiro atoms. The zero-order chi connectivity index (χ0) is 19.8. The summed E-state index contributed by atoms with van der Waals surface area (Å²) in [5.74, 6) is -4.84. The van der Waals surface area contributed by atoms with Crippen molar-refractivity contribution in [2.24, 2.45) is 0 Å². The van der Waals surface area contributed by atoms with Crippen LogP contribution in [0, 0.1) is 17.5 Å². The van der Waals surface area contributed by atoms with Crippen molar-refractivity contribution in [3.63, 3.8) is 0 Å². The van der Waals surface area contributed by atoms with E-state index in [1.807, 2.05) is 5.32 Å². The van der Waals surface area contributed by atoms with E-state index in [1.54, 1.807) is 31.4 Å². The number of carbonyl (C=O) groups is 2. The zero-order valence-electron chi connectivity index (χ0n) is 14.4. The van der Waals surface area contributed by atoms with Crippen LogP contribution in [0.2, 0.25) is 0 Å². The van der Waals surface area contributed by atoms with E-state index in [-0.39, 0.29) is 13.2 Å². The van der Waals surface area contributed by atoms with Crippen LogP contribution in [0.5, 0.6) is 11.5 Å². The van der Waals surface area contributed by atoms with Crippen molar-refractivity contribution in [2.75, 3.05) is 25.6 Å². The molecule has 0 aromatic heterocycles. The number of carbonyl (C=O) groups excluding carboxylic acids is 2. The molecule has 0 aliphatic heterocycles. The third-order valence-corrected chi connectivity index (χ3v) is 3.38. The van der Waals surface area contributed by atoms with Crippen molar-refractivity contribution < 1.29 is 32.2 Å². The van der Waals surface area contributed by atoms with Gasteiger partial charge in [-0.3, -0.25) is 9.59 Å². The van der Waals surface area contributed by atoms with Crippen molar-refractivity contribution in [2.45, 2.75) is 6.42 Å². The summed E-state index contributed by atoms with van der Waals surface area (Å²) < 4.78 is 49.8. The van der Waals surface area contributed by atoms with Crippen molar-refractivity contribution in [3.8, 4) is 11.5 Å². The van der Waals surface area contributed by atoms with E-state index >= 15 is 0 Å². The van der Waals surface area contributed by atoms with Gasteiger partial charge in [-0.2, -0.15) is 0 Å². The lowest BCUT2D eigenvalue weighted by atomic mass is 10.2. The van der Waals surface area contributed by atoms with E-state index in [9.17, 15) is 22.8 Å². The number of amides is 2. The molecule has 9 heteroatoms. The lowest BCUT2D eigenvalue weighted by molar-refractivity contribution is -0.126. The maximum absolute atomic E-state index is 13.5. The Balaban J connectivity index is 1.72. The molecule has 0 unspecified atom stereocenters. The standard InChI is InChI=1S/C18H17F3N2O4/c1-26-11-2-4-12(5-3-11)27-9-8-22-15(24)10-16(25)23-14-7-6-13(19)17(20)18(14)21/h2-7H,8-10H2,1H3,(H,22,24)(H,23,25). The van der Waals surface area contributed by atoms with Crippen LogP contribution in [0.25, 0.3) is 0 Å². The van der Waals surface area contributed by atoms with Crippen LogP contribution in [-0.4, -0.2) is 32.1 Å². The minimum atomic E-state index is -1.70. The predicted molar refractivity (Wildman–Crippen MR) is 91.1 cm³/mol. The highest BCUT2D eigenvalue weighted by molar-refractivity contribution is 6.03. The molecular formula is C18H17F3N2O4. The number of anilines is 1. The number of benzene rings is 2. The average Bonchev–Trinajstić information content (AvgIpc) is 2.66. The molecule has 0 fully saturated rings.